The van der Waals surface area contributed by atoms with Gasteiger partial charge in [-0.3, -0.25) is 4.79 Å². The lowest BCUT2D eigenvalue weighted by Gasteiger charge is -2.26. The van der Waals surface area contributed by atoms with Gasteiger partial charge in [-0.1, -0.05) is 6.42 Å². The minimum Gasteiger partial charge on any atom is -0.347 e. The van der Waals surface area contributed by atoms with Gasteiger partial charge in [0.05, 0.1) is 12.6 Å². The van der Waals surface area contributed by atoms with Crippen molar-refractivity contribution in [1.82, 2.24) is 20.2 Å². The number of amides is 1. The molecule has 88 valence electrons. The van der Waals surface area contributed by atoms with Crippen molar-refractivity contribution in [2.75, 3.05) is 13.6 Å². The molecule has 2 heterocycles. The Balaban J connectivity index is 1.88. The molecule has 1 aliphatic rings. The van der Waals surface area contributed by atoms with Gasteiger partial charge in [0, 0.05) is 19.4 Å². The Morgan fingerprint density at radius 3 is 3.12 bits per heavy atom. The van der Waals surface area contributed by atoms with Crippen LogP contribution in [0.4, 0.5) is 0 Å². The van der Waals surface area contributed by atoms with E-state index in [1.54, 1.807) is 17.3 Å². The average molecular weight is 222 g/mol. The third-order valence-electron chi connectivity index (χ3n) is 2.93. The van der Waals surface area contributed by atoms with Crippen LogP contribution < -0.4 is 5.32 Å². The molecule has 1 aromatic rings. The number of imidazole rings is 1. The van der Waals surface area contributed by atoms with E-state index in [0.29, 0.717) is 6.54 Å². The van der Waals surface area contributed by atoms with E-state index in [9.17, 15) is 4.79 Å². The molecule has 0 aromatic carbocycles. The van der Waals surface area contributed by atoms with E-state index >= 15 is 0 Å². The van der Waals surface area contributed by atoms with E-state index in [0.717, 1.165) is 25.2 Å². The number of piperidine rings is 1. The fourth-order valence-corrected chi connectivity index (χ4v) is 2.02. The van der Waals surface area contributed by atoms with Gasteiger partial charge in [-0.25, -0.2) is 4.98 Å². The van der Waals surface area contributed by atoms with Crippen molar-refractivity contribution in [2.45, 2.75) is 31.8 Å². The summed E-state index contributed by atoms with van der Waals surface area (Å²) in [5, 5.41) is 3.26. The number of hydrogen-bond donors (Lipinski definition) is 2. The highest BCUT2D eigenvalue weighted by Crippen LogP contribution is 2.10. The summed E-state index contributed by atoms with van der Waals surface area (Å²) in [4.78, 5) is 20.9. The Labute approximate surface area is 95.2 Å². The number of nitrogens with one attached hydrogen (secondary N) is 2. The molecule has 1 amide bonds. The van der Waals surface area contributed by atoms with Crippen LogP contribution in [0.15, 0.2) is 12.4 Å². The molecule has 5 nitrogen and oxygen atoms in total. The molecule has 0 bridgehead atoms. The number of likely N-dealkylation sites (N-methyl/N-ethyl adjacent to an activating group) is 1. The van der Waals surface area contributed by atoms with E-state index in [-0.39, 0.29) is 11.9 Å². The Kier molecular flexibility index (Phi) is 3.56. The zero-order valence-electron chi connectivity index (χ0n) is 9.57. The lowest BCUT2D eigenvalue weighted by atomic mass is 10.0. The van der Waals surface area contributed by atoms with Gasteiger partial charge >= 0.3 is 0 Å². The fraction of sp³-hybridized carbons (Fsp3) is 0.636. The van der Waals surface area contributed by atoms with Gasteiger partial charge in [0.15, 0.2) is 0 Å². The quantitative estimate of drug-likeness (QED) is 0.783. The first kappa shape index (κ1) is 11.1. The molecule has 5 heteroatoms. The number of hydrogen-bond acceptors (Lipinski definition) is 3. The van der Waals surface area contributed by atoms with Crippen LogP contribution >= 0.6 is 0 Å². The summed E-state index contributed by atoms with van der Waals surface area (Å²) in [6, 6.07) is -0.00582. The van der Waals surface area contributed by atoms with Crippen molar-refractivity contribution in [3.63, 3.8) is 0 Å². The normalized spacial score (nSPS) is 20.7. The van der Waals surface area contributed by atoms with Crippen molar-refractivity contribution in [3.05, 3.63) is 18.2 Å². The van der Waals surface area contributed by atoms with E-state index in [2.05, 4.69) is 15.3 Å². The standard InChI is InChI=1S/C11H18N4O/c1-15(8-10-13-6-7-14-10)11(16)9-4-2-3-5-12-9/h6-7,9,12H,2-5,8H2,1H3,(H,13,14). The van der Waals surface area contributed by atoms with Gasteiger partial charge in [0.25, 0.3) is 0 Å². The van der Waals surface area contributed by atoms with Crippen molar-refractivity contribution in [3.8, 4) is 0 Å². The van der Waals surface area contributed by atoms with Crippen LogP contribution in [0.25, 0.3) is 0 Å². The topological polar surface area (TPSA) is 61.0 Å². The number of aromatic nitrogens is 2. The highest BCUT2D eigenvalue weighted by Gasteiger charge is 2.23. The zero-order valence-corrected chi connectivity index (χ0v) is 9.57. The fourth-order valence-electron chi connectivity index (χ4n) is 2.02. The Hall–Kier alpha value is -1.36. The molecular weight excluding hydrogens is 204 g/mol. The summed E-state index contributed by atoms with van der Waals surface area (Å²) >= 11 is 0. The summed E-state index contributed by atoms with van der Waals surface area (Å²) < 4.78 is 0. The van der Waals surface area contributed by atoms with Crippen LogP contribution in [0.1, 0.15) is 25.1 Å². The van der Waals surface area contributed by atoms with Crippen molar-refractivity contribution >= 4 is 5.91 Å². The summed E-state index contributed by atoms with van der Waals surface area (Å²) in [5.41, 5.74) is 0. The predicted octanol–water partition coefficient (Wildman–Crippen LogP) is 0.510. The second-order valence-electron chi connectivity index (χ2n) is 4.23. The highest BCUT2D eigenvalue weighted by molar-refractivity contribution is 5.81. The van der Waals surface area contributed by atoms with Crippen LogP contribution in [0, 0.1) is 0 Å². The number of carbonyl (C=O) groups excluding carboxylic acids is 1. The maximum absolute atomic E-state index is 12.0. The van der Waals surface area contributed by atoms with Crippen LogP contribution in [0.3, 0.4) is 0 Å². The lowest BCUT2D eigenvalue weighted by molar-refractivity contribution is -0.133. The molecule has 1 aliphatic heterocycles. The largest absolute Gasteiger partial charge is 0.347 e. The number of H-pyrrole nitrogens is 1. The second kappa shape index (κ2) is 5.12. The Morgan fingerprint density at radius 1 is 1.62 bits per heavy atom. The van der Waals surface area contributed by atoms with Gasteiger partial charge in [-0.2, -0.15) is 0 Å². The van der Waals surface area contributed by atoms with Crippen molar-refractivity contribution in [1.29, 1.82) is 0 Å². The molecule has 1 atom stereocenters. The van der Waals surface area contributed by atoms with Gasteiger partial charge < -0.3 is 15.2 Å². The zero-order chi connectivity index (χ0) is 11.4. The molecule has 0 saturated carbocycles. The summed E-state index contributed by atoms with van der Waals surface area (Å²) in [5.74, 6) is 0.989. The number of aromatic amines is 1. The molecule has 2 N–H and O–H groups in total. The van der Waals surface area contributed by atoms with Gasteiger partial charge in [-0.15, -0.1) is 0 Å². The van der Waals surface area contributed by atoms with Crippen LogP contribution in [-0.2, 0) is 11.3 Å². The third-order valence-corrected chi connectivity index (χ3v) is 2.93. The van der Waals surface area contributed by atoms with Crippen LogP contribution in [0.5, 0.6) is 0 Å². The monoisotopic (exact) mass is 222 g/mol. The first-order valence-corrected chi connectivity index (χ1v) is 5.74. The molecule has 0 spiro atoms. The molecule has 1 saturated heterocycles. The first-order chi connectivity index (χ1) is 7.77. The lowest BCUT2D eigenvalue weighted by Crippen LogP contribution is -2.47. The average Bonchev–Trinajstić information content (AvgIpc) is 2.82. The third kappa shape index (κ3) is 2.61. The first-order valence-electron chi connectivity index (χ1n) is 5.74. The summed E-state index contributed by atoms with van der Waals surface area (Å²) in [7, 11) is 1.82. The molecule has 0 aliphatic carbocycles. The van der Waals surface area contributed by atoms with E-state index in [1.807, 2.05) is 7.05 Å². The smallest absolute Gasteiger partial charge is 0.239 e. The molecule has 1 unspecified atom stereocenters. The second-order valence-corrected chi connectivity index (χ2v) is 4.23. The maximum Gasteiger partial charge on any atom is 0.239 e. The molecule has 2 rings (SSSR count). The molecular formula is C11H18N4O. The summed E-state index contributed by atoms with van der Waals surface area (Å²) in [6.45, 7) is 1.50. The van der Waals surface area contributed by atoms with E-state index in [1.165, 1.54) is 6.42 Å². The Morgan fingerprint density at radius 2 is 2.50 bits per heavy atom. The van der Waals surface area contributed by atoms with Crippen LogP contribution in [-0.4, -0.2) is 40.4 Å². The minimum absolute atomic E-state index is 0.00582. The maximum atomic E-state index is 12.0. The number of carbonyl (C=O) groups is 1. The number of nitrogens with zero attached hydrogens (tertiary/aromatic N) is 2. The molecule has 16 heavy (non-hydrogen) atoms. The molecule has 0 radical (unpaired) electrons. The van der Waals surface area contributed by atoms with E-state index < -0.39 is 0 Å². The SMILES string of the molecule is CN(Cc1ncc[nH]1)C(=O)C1CCCCN1. The minimum atomic E-state index is -0.00582. The molecule has 1 aromatic heterocycles. The van der Waals surface area contributed by atoms with E-state index in [4.69, 9.17) is 0 Å². The molecule has 1 fully saturated rings. The predicted molar refractivity (Wildman–Crippen MR) is 60.7 cm³/mol. The van der Waals surface area contributed by atoms with Gasteiger partial charge in [-0.05, 0) is 19.4 Å². The van der Waals surface area contributed by atoms with Gasteiger partial charge in [0.1, 0.15) is 5.82 Å². The van der Waals surface area contributed by atoms with Crippen molar-refractivity contribution < 1.29 is 4.79 Å². The Bertz CT molecular complexity index is 330. The summed E-state index contributed by atoms with van der Waals surface area (Å²) in [6.07, 6.45) is 6.73. The number of rotatable bonds is 3. The van der Waals surface area contributed by atoms with Gasteiger partial charge in [0.2, 0.25) is 5.91 Å². The highest BCUT2D eigenvalue weighted by atomic mass is 16.2. The van der Waals surface area contributed by atoms with Crippen molar-refractivity contribution in [2.24, 2.45) is 0 Å². The van der Waals surface area contributed by atoms with Crippen LogP contribution in [0.2, 0.25) is 0 Å².